The second-order valence-corrected chi connectivity index (χ2v) is 4.93. The highest BCUT2D eigenvalue weighted by molar-refractivity contribution is 5.20. The Balaban J connectivity index is 1.51. The lowest BCUT2D eigenvalue weighted by atomic mass is 10.2. The third-order valence-electron chi connectivity index (χ3n) is 3.08. The van der Waals surface area contributed by atoms with Crippen LogP contribution in [0.5, 0.6) is 0 Å². The van der Waals surface area contributed by atoms with Gasteiger partial charge in [-0.3, -0.25) is 0 Å². The third-order valence-corrected chi connectivity index (χ3v) is 3.08. The van der Waals surface area contributed by atoms with Gasteiger partial charge in [-0.25, -0.2) is 0 Å². The van der Waals surface area contributed by atoms with E-state index in [9.17, 15) is 0 Å². The summed E-state index contributed by atoms with van der Waals surface area (Å²) in [5.74, 6) is 0. The summed E-state index contributed by atoms with van der Waals surface area (Å²) in [6.07, 6.45) is 0.929. The maximum absolute atomic E-state index is 5.63. The van der Waals surface area contributed by atoms with Crippen molar-refractivity contribution in [2.24, 2.45) is 0 Å². The molecule has 0 heterocycles. The van der Waals surface area contributed by atoms with Crippen LogP contribution >= 0.6 is 0 Å². The van der Waals surface area contributed by atoms with Gasteiger partial charge in [0.05, 0.1) is 13.2 Å². The second kappa shape index (κ2) is 8.51. The topological polar surface area (TPSA) is 18.5 Å². The van der Waals surface area contributed by atoms with Crippen LogP contribution in [0, 0.1) is 6.92 Å². The van der Waals surface area contributed by atoms with Crippen molar-refractivity contribution in [1.82, 2.24) is 0 Å². The number of hydrogen-bond donors (Lipinski definition) is 0. The maximum atomic E-state index is 5.63. The minimum Gasteiger partial charge on any atom is -0.377 e. The molecule has 0 aliphatic heterocycles. The van der Waals surface area contributed by atoms with E-state index in [0.717, 1.165) is 19.6 Å². The zero-order chi connectivity index (χ0) is 14.0. The number of ether oxygens (including phenoxy) is 2. The first-order valence-corrected chi connectivity index (χ1v) is 7.09. The van der Waals surface area contributed by atoms with E-state index in [4.69, 9.17) is 9.47 Å². The lowest BCUT2D eigenvalue weighted by Gasteiger charge is -2.06. The zero-order valence-electron chi connectivity index (χ0n) is 12.0. The summed E-state index contributed by atoms with van der Waals surface area (Å²) in [4.78, 5) is 0. The van der Waals surface area contributed by atoms with Crippen LogP contribution in [0.25, 0.3) is 0 Å². The highest BCUT2D eigenvalue weighted by Gasteiger charge is 1.95. The molecule has 0 aromatic heterocycles. The van der Waals surface area contributed by atoms with Crippen LogP contribution in [0.15, 0.2) is 54.6 Å². The minimum absolute atomic E-state index is 0.679. The molecule has 0 unspecified atom stereocenters. The Bertz CT molecular complexity index is 477. The Labute approximate surface area is 121 Å². The van der Waals surface area contributed by atoms with Gasteiger partial charge in [-0.1, -0.05) is 60.2 Å². The van der Waals surface area contributed by atoms with Gasteiger partial charge < -0.3 is 9.47 Å². The molecule has 0 saturated heterocycles. The average Bonchev–Trinajstić information content (AvgIpc) is 2.49. The van der Waals surface area contributed by atoms with E-state index in [-0.39, 0.29) is 0 Å². The van der Waals surface area contributed by atoms with Gasteiger partial charge in [-0.15, -0.1) is 0 Å². The molecule has 2 heteroatoms. The molecule has 0 N–H and O–H groups in total. The number of rotatable bonds is 8. The van der Waals surface area contributed by atoms with Crippen molar-refractivity contribution in [3.05, 3.63) is 71.3 Å². The Morgan fingerprint density at radius 1 is 0.700 bits per heavy atom. The number of hydrogen-bond acceptors (Lipinski definition) is 2. The Kier molecular flexibility index (Phi) is 6.28. The summed E-state index contributed by atoms with van der Waals surface area (Å²) in [6.45, 7) is 4.93. The van der Waals surface area contributed by atoms with Gasteiger partial charge in [0.2, 0.25) is 0 Å². The van der Waals surface area contributed by atoms with Crippen molar-refractivity contribution < 1.29 is 9.47 Å². The highest BCUT2D eigenvalue weighted by Crippen LogP contribution is 2.05. The van der Waals surface area contributed by atoms with E-state index < -0.39 is 0 Å². The van der Waals surface area contributed by atoms with E-state index in [2.05, 4.69) is 43.3 Å². The smallest absolute Gasteiger partial charge is 0.0716 e. The van der Waals surface area contributed by atoms with Crippen LogP contribution in [0.3, 0.4) is 0 Å². The van der Waals surface area contributed by atoms with Gasteiger partial charge in [0.15, 0.2) is 0 Å². The first-order valence-electron chi connectivity index (χ1n) is 7.09. The van der Waals surface area contributed by atoms with E-state index in [0.29, 0.717) is 13.2 Å². The summed E-state index contributed by atoms with van der Waals surface area (Å²) >= 11 is 0. The first kappa shape index (κ1) is 14.8. The van der Waals surface area contributed by atoms with Gasteiger partial charge >= 0.3 is 0 Å². The normalized spacial score (nSPS) is 10.7. The molecular weight excluding hydrogens is 248 g/mol. The molecule has 20 heavy (non-hydrogen) atoms. The fourth-order valence-electron chi connectivity index (χ4n) is 1.90. The highest BCUT2D eigenvalue weighted by atomic mass is 16.5. The summed E-state index contributed by atoms with van der Waals surface area (Å²) < 4.78 is 11.2. The quantitative estimate of drug-likeness (QED) is 0.672. The molecule has 0 saturated carbocycles. The Morgan fingerprint density at radius 2 is 1.25 bits per heavy atom. The van der Waals surface area contributed by atoms with Crippen LogP contribution in [0.2, 0.25) is 0 Å². The molecule has 0 spiro atoms. The van der Waals surface area contributed by atoms with Gasteiger partial charge in [0.25, 0.3) is 0 Å². The fourth-order valence-corrected chi connectivity index (χ4v) is 1.90. The molecule has 0 amide bonds. The summed E-state index contributed by atoms with van der Waals surface area (Å²) in [5.41, 5.74) is 3.72. The third kappa shape index (κ3) is 5.55. The molecule has 2 aromatic carbocycles. The lowest BCUT2D eigenvalue weighted by Crippen LogP contribution is -2.01. The molecular formula is C18H22O2. The van der Waals surface area contributed by atoms with Crippen molar-refractivity contribution in [3.63, 3.8) is 0 Å². The molecule has 0 fully saturated rings. The molecule has 2 rings (SSSR count). The van der Waals surface area contributed by atoms with Gasteiger partial charge in [-0.05, 0) is 24.5 Å². The molecule has 0 radical (unpaired) electrons. The fraction of sp³-hybridized carbons (Fsp3) is 0.333. The van der Waals surface area contributed by atoms with Crippen LogP contribution in [-0.2, 0) is 22.7 Å². The number of benzene rings is 2. The van der Waals surface area contributed by atoms with Crippen molar-refractivity contribution in [3.8, 4) is 0 Å². The van der Waals surface area contributed by atoms with E-state index >= 15 is 0 Å². The molecule has 2 nitrogen and oxygen atoms in total. The molecule has 0 atom stereocenters. The predicted octanol–water partition coefficient (Wildman–Crippen LogP) is 4.12. The van der Waals surface area contributed by atoms with Crippen LogP contribution < -0.4 is 0 Å². The molecule has 2 aromatic rings. The van der Waals surface area contributed by atoms with Crippen LogP contribution in [-0.4, -0.2) is 13.2 Å². The van der Waals surface area contributed by atoms with E-state index in [1.807, 2.05) is 18.2 Å². The average molecular weight is 270 g/mol. The SMILES string of the molecule is Cc1ccc(COCCCOCc2ccccc2)cc1. The van der Waals surface area contributed by atoms with E-state index in [1.165, 1.54) is 16.7 Å². The van der Waals surface area contributed by atoms with Crippen molar-refractivity contribution in [1.29, 1.82) is 0 Å². The molecule has 0 bridgehead atoms. The van der Waals surface area contributed by atoms with E-state index in [1.54, 1.807) is 0 Å². The lowest BCUT2D eigenvalue weighted by molar-refractivity contribution is 0.0695. The van der Waals surface area contributed by atoms with Crippen molar-refractivity contribution in [2.75, 3.05) is 13.2 Å². The first-order chi connectivity index (χ1) is 9.84. The van der Waals surface area contributed by atoms with Gasteiger partial charge in [0.1, 0.15) is 0 Å². The summed E-state index contributed by atoms with van der Waals surface area (Å²) in [7, 11) is 0. The summed E-state index contributed by atoms with van der Waals surface area (Å²) in [6, 6.07) is 18.7. The maximum Gasteiger partial charge on any atom is 0.0716 e. The second-order valence-electron chi connectivity index (χ2n) is 4.93. The molecule has 0 aliphatic carbocycles. The van der Waals surface area contributed by atoms with Gasteiger partial charge in [-0.2, -0.15) is 0 Å². The molecule has 106 valence electrons. The summed E-state index contributed by atoms with van der Waals surface area (Å²) in [5, 5.41) is 0. The standard InChI is InChI=1S/C18H22O2/c1-16-8-10-18(11-9-16)15-20-13-5-12-19-14-17-6-3-2-4-7-17/h2-4,6-11H,5,12-15H2,1H3. The number of aryl methyl sites for hydroxylation is 1. The Morgan fingerprint density at radius 3 is 1.85 bits per heavy atom. The van der Waals surface area contributed by atoms with Crippen LogP contribution in [0.4, 0.5) is 0 Å². The monoisotopic (exact) mass is 270 g/mol. The van der Waals surface area contributed by atoms with Crippen molar-refractivity contribution in [2.45, 2.75) is 26.6 Å². The zero-order valence-corrected chi connectivity index (χ0v) is 12.0. The largest absolute Gasteiger partial charge is 0.377 e. The molecule has 0 aliphatic rings. The van der Waals surface area contributed by atoms with Crippen LogP contribution in [0.1, 0.15) is 23.1 Å². The predicted molar refractivity (Wildman–Crippen MR) is 81.6 cm³/mol. The van der Waals surface area contributed by atoms with Crippen molar-refractivity contribution >= 4 is 0 Å². The Hall–Kier alpha value is -1.64. The van der Waals surface area contributed by atoms with Gasteiger partial charge in [0, 0.05) is 13.2 Å². The minimum atomic E-state index is 0.679.